The van der Waals surface area contributed by atoms with Gasteiger partial charge in [0.05, 0.1) is 11.0 Å². The zero-order valence-corrected chi connectivity index (χ0v) is 10.5. The number of aryl methyl sites for hydroxylation is 2. The van der Waals surface area contributed by atoms with E-state index in [4.69, 9.17) is 11.5 Å². The zero-order valence-electron chi connectivity index (χ0n) is 10.5. The molecule has 0 unspecified atom stereocenters. The molecule has 2 aromatic carbocycles. The molecule has 0 spiro atoms. The number of nitrogen functional groups attached to an aromatic ring is 2. The van der Waals surface area contributed by atoms with Gasteiger partial charge in [-0.3, -0.25) is 0 Å². The summed E-state index contributed by atoms with van der Waals surface area (Å²) in [4.78, 5) is 4.65. The molecule has 0 aliphatic rings. The van der Waals surface area contributed by atoms with Crippen LogP contribution >= 0.6 is 0 Å². The van der Waals surface area contributed by atoms with Gasteiger partial charge in [-0.1, -0.05) is 6.07 Å². The van der Waals surface area contributed by atoms with E-state index >= 15 is 0 Å². The van der Waals surface area contributed by atoms with Crippen molar-refractivity contribution in [3.63, 3.8) is 0 Å². The van der Waals surface area contributed by atoms with Crippen molar-refractivity contribution >= 4 is 33.2 Å². The number of aromatic nitrogens is 1. The van der Waals surface area contributed by atoms with Crippen molar-refractivity contribution in [2.24, 2.45) is 0 Å². The molecule has 90 valence electrons. The zero-order chi connectivity index (χ0) is 12.9. The molecule has 0 fully saturated rings. The first-order valence-corrected chi connectivity index (χ1v) is 5.92. The Morgan fingerprint density at radius 1 is 0.889 bits per heavy atom. The highest BCUT2D eigenvalue weighted by Gasteiger charge is 2.06. The highest BCUT2D eigenvalue weighted by atomic mass is 14.7. The Morgan fingerprint density at radius 2 is 1.67 bits per heavy atom. The summed E-state index contributed by atoms with van der Waals surface area (Å²) in [7, 11) is 0. The van der Waals surface area contributed by atoms with Crippen LogP contribution in [0.5, 0.6) is 0 Å². The van der Waals surface area contributed by atoms with Crippen molar-refractivity contribution < 1.29 is 0 Å². The Morgan fingerprint density at radius 3 is 2.44 bits per heavy atom. The summed E-state index contributed by atoms with van der Waals surface area (Å²) in [6.45, 7) is 3.99. The number of fused-ring (bicyclic) bond motifs is 2. The van der Waals surface area contributed by atoms with Gasteiger partial charge in [-0.05, 0) is 49.2 Å². The smallest absolute Gasteiger partial charge is 0.0730 e. The average molecular weight is 237 g/mol. The lowest BCUT2D eigenvalue weighted by Gasteiger charge is -2.08. The lowest BCUT2D eigenvalue weighted by atomic mass is 10.0. The van der Waals surface area contributed by atoms with Gasteiger partial charge >= 0.3 is 0 Å². The van der Waals surface area contributed by atoms with Crippen LogP contribution in [0.2, 0.25) is 0 Å². The predicted molar refractivity (Wildman–Crippen MR) is 77.5 cm³/mol. The Kier molecular flexibility index (Phi) is 2.17. The van der Waals surface area contributed by atoms with E-state index in [1.54, 1.807) is 0 Å². The normalized spacial score (nSPS) is 11.2. The lowest BCUT2D eigenvalue weighted by molar-refractivity contribution is 1.43. The van der Waals surface area contributed by atoms with Gasteiger partial charge in [0.25, 0.3) is 0 Å². The molecule has 1 heterocycles. The van der Waals surface area contributed by atoms with E-state index in [-0.39, 0.29) is 0 Å². The first-order chi connectivity index (χ1) is 8.56. The molecule has 1 aromatic heterocycles. The minimum Gasteiger partial charge on any atom is -0.398 e. The first kappa shape index (κ1) is 10.8. The third kappa shape index (κ3) is 1.48. The number of hydrogen-bond donors (Lipinski definition) is 2. The van der Waals surface area contributed by atoms with Gasteiger partial charge in [0.15, 0.2) is 0 Å². The van der Waals surface area contributed by atoms with E-state index in [9.17, 15) is 0 Å². The summed E-state index contributed by atoms with van der Waals surface area (Å²) in [6.07, 6.45) is 0. The van der Waals surface area contributed by atoms with Crippen molar-refractivity contribution in [3.8, 4) is 0 Å². The van der Waals surface area contributed by atoms with Crippen molar-refractivity contribution in [2.75, 3.05) is 11.5 Å². The maximum atomic E-state index is 6.11. The SMILES string of the molecule is Cc1cc2nc3ccc(C)c(N)c3cc2cc1N. The molecule has 0 aliphatic heterocycles. The minimum atomic E-state index is 0.787. The maximum Gasteiger partial charge on any atom is 0.0730 e. The fraction of sp³-hybridized carbons (Fsp3) is 0.133. The number of hydrogen-bond acceptors (Lipinski definition) is 3. The summed E-state index contributed by atoms with van der Waals surface area (Å²) < 4.78 is 0. The highest BCUT2D eigenvalue weighted by Crippen LogP contribution is 2.28. The lowest BCUT2D eigenvalue weighted by Crippen LogP contribution is -1.94. The molecule has 3 rings (SSSR count). The van der Waals surface area contributed by atoms with Crippen molar-refractivity contribution in [1.82, 2.24) is 4.98 Å². The number of pyridine rings is 1. The van der Waals surface area contributed by atoms with Crippen LogP contribution in [0.4, 0.5) is 11.4 Å². The summed E-state index contributed by atoms with van der Waals surface area (Å²) >= 11 is 0. The van der Waals surface area contributed by atoms with Gasteiger partial charge in [0, 0.05) is 22.1 Å². The van der Waals surface area contributed by atoms with Crippen LogP contribution in [0.15, 0.2) is 30.3 Å². The van der Waals surface area contributed by atoms with Crippen LogP contribution in [0.1, 0.15) is 11.1 Å². The second-order valence-corrected chi connectivity index (χ2v) is 4.75. The molecule has 3 heteroatoms. The third-order valence-corrected chi connectivity index (χ3v) is 3.44. The van der Waals surface area contributed by atoms with Crippen LogP contribution in [-0.4, -0.2) is 4.98 Å². The molecule has 4 N–H and O–H groups in total. The van der Waals surface area contributed by atoms with Crippen LogP contribution < -0.4 is 11.5 Å². The number of nitrogens with zero attached hydrogens (tertiary/aromatic N) is 1. The van der Waals surface area contributed by atoms with E-state index in [1.807, 2.05) is 38.1 Å². The minimum absolute atomic E-state index is 0.787. The molecule has 0 amide bonds. The number of nitrogens with two attached hydrogens (primary N) is 2. The van der Waals surface area contributed by atoms with Crippen LogP contribution in [0.25, 0.3) is 21.8 Å². The van der Waals surface area contributed by atoms with Crippen molar-refractivity contribution in [2.45, 2.75) is 13.8 Å². The molecule has 0 bridgehead atoms. The highest BCUT2D eigenvalue weighted by molar-refractivity contribution is 6.00. The van der Waals surface area contributed by atoms with Gasteiger partial charge in [-0.15, -0.1) is 0 Å². The largest absolute Gasteiger partial charge is 0.398 e. The summed E-state index contributed by atoms with van der Waals surface area (Å²) in [5.41, 5.74) is 17.6. The van der Waals surface area contributed by atoms with Crippen LogP contribution in [0.3, 0.4) is 0 Å². The van der Waals surface area contributed by atoms with Crippen molar-refractivity contribution in [1.29, 1.82) is 0 Å². The molecule has 3 nitrogen and oxygen atoms in total. The molecule has 0 radical (unpaired) electrons. The van der Waals surface area contributed by atoms with E-state index in [0.717, 1.165) is 44.3 Å². The number of rotatable bonds is 0. The fourth-order valence-electron chi connectivity index (χ4n) is 2.21. The first-order valence-electron chi connectivity index (χ1n) is 5.92. The topological polar surface area (TPSA) is 64.9 Å². The molecular formula is C15H15N3. The average Bonchev–Trinajstić information content (AvgIpc) is 2.34. The van der Waals surface area contributed by atoms with E-state index in [1.165, 1.54) is 0 Å². The van der Waals surface area contributed by atoms with Gasteiger partial charge in [-0.2, -0.15) is 0 Å². The monoisotopic (exact) mass is 237 g/mol. The fourth-order valence-corrected chi connectivity index (χ4v) is 2.21. The number of benzene rings is 2. The molecule has 0 saturated heterocycles. The Balaban J connectivity index is 2.47. The molecule has 18 heavy (non-hydrogen) atoms. The van der Waals surface area contributed by atoms with Gasteiger partial charge < -0.3 is 11.5 Å². The molecule has 0 saturated carbocycles. The number of anilines is 2. The van der Waals surface area contributed by atoms with E-state index in [2.05, 4.69) is 11.1 Å². The van der Waals surface area contributed by atoms with Gasteiger partial charge in [-0.25, -0.2) is 4.98 Å². The van der Waals surface area contributed by atoms with E-state index in [0.29, 0.717) is 0 Å². The molecular weight excluding hydrogens is 222 g/mol. The standard InChI is InChI=1S/C15H15N3/c1-8-3-4-13-11(15(8)17)6-10-7-12(16)9(2)5-14(10)18-13/h3-7H,16-17H2,1-2H3. The van der Waals surface area contributed by atoms with Crippen LogP contribution in [-0.2, 0) is 0 Å². The van der Waals surface area contributed by atoms with Gasteiger partial charge in [0.1, 0.15) is 0 Å². The Hall–Kier alpha value is -2.29. The predicted octanol–water partition coefficient (Wildman–Crippen LogP) is 3.17. The summed E-state index contributed by atoms with van der Waals surface area (Å²) in [5, 5.41) is 2.02. The maximum absolute atomic E-state index is 6.11. The second kappa shape index (κ2) is 3.60. The quantitative estimate of drug-likeness (QED) is 0.466. The van der Waals surface area contributed by atoms with Crippen LogP contribution in [0, 0.1) is 13.8 Å². The second-order valence-electron chi connectivity index (χ2n) is 4.75. The summed E-state index contributed by atoms with van der Waals surface area (Å²) in [5.74, 6) is 0. The van der Waals surface area contributed by atoms with E-state index < -0.39 is 0 Å². The third-order valence-electron chi connectivity index (χ3n) is 3.44. The molecule has 0 atom stereocenters. The van der Waals surface area contributed by atoms with Crippen molar-refractivity contribution in [3.05, 3.63) is 41.5 Å². The Bertz CT molecular complexity index is 775. The molecule has 3 aromatic rings. The Labute approximate surface area is 105 Å². The summed E-state index contributed by atoms with van der Waals surface area (Å²) in [6, 6.07) is 10.0. The van der Waals surface area contributed by atoms with Gasteiger partial charge in [0.2, 0.25) is 0 Å². The molecule has 0 aliphatic carbocycles.